The fourth-order valence-electron chi connectivity index (χ4n) is 2.57. The number of nitrogens with zero attached hydrogens (tertiary/aromatic N) is 2. The zero-order valence-electron chi connectivity index (χ0n) is 15.4. The predicted molar refractivity (Wildman–Crippen MR) is 103 cm³/mol. The minimum atomic E-state index is -0.818. The molecule has 27 heavy (non-hydrogen) atoms. The summed E-state index contributed by atoms with van der Waals surface area (Å²) < 4.78 is 14.9. The van der Waals surface area contributed by atoms with Crippen LogP contribution < -0.4 is 11.1 Å². The molecule has 2 aromatic heterocycles. The number of nitrogens with one attached hydrogen (secondary N) is 1. The van der Waals surface area contributed by atoms with Gasteiger partial charge in [0.15, 0.2) is 0 Å². The number of carbonyl (C=O) groups excluding carboxylic acids is 2. The summed E-state index contributed by atoms with van der Waals surface area (Å²) >= 11 is 1.33. The second-order valence-corrected chi connectivity index (χ2v) is 8.16. The minimum Gasteiger partial charge on any atom is -0.369 e. The third kappa shape index (κ3) is 4.00. The van der Waals surface area contributed by atoms with Gasteiger partial charge >= 0.3 is 0 Å². The number of hydrogen-bond donors (Lipinski definition) is 2. The zero-order valence-corrected chi connectivity index (χ0v) is 16.2. The van der Waals surface area contributed by atoms with Crippen LogP contribution >= 0.6 is 11.3 Å². The number of halogens is 1. The van der Waals surface area contributed by atoms with Crippen LogP contribution in [0.2, 0.25) is 0 Å². The van der Waals surface area contributed by atoms with E-state index in [-0.39, 0.29) is 18.3 Å². The van der Waals surface area contributed by atoms with E-state index in [1.54, 1.807) is 32.0 Å². The third-order valence-corrected chi connectivity index (χ3v) is 5.58. The topological polar surface area (TPSA) is 90.0 Å². The highest BCUT2D eigenvalue weighted by molar-refractivity contribution is 7.20. The Bertz CT molecular complexity index is 1000. The first-order valence-electron chi connectivity index (χ1n) is 8.47. The van der Waals surface area contributed by atoms with Crippen LogP contribution in [-0.2, 0) is 11.3 Å². The van der Waals surface area contributed by atoms with Crippen molar-refractivity contribution in [1.82, 2.24) is 15.1 Å². The summed E-state index contributed by atoms with van der Waals surface area (Å²) in [6.07, 6.45) is 0. The van der Waals surface area contributed by atoms with Crippen LogP contribution in [0.1, 0.15) is 34.8 Å². The van der Waals surface area contributed by atoms with Crippen molar-refractivity contribution in [2.45, 2.75) is 27.3 Å². The first-order chi connectivity index (χ1) is 12.7. The maximum absolute atomic E-state index is 13.1. The molecule has 0 aliphatic heterocycles. The van der Waals surface area contributed by atoms with Gasteiger partial charge in [0.25, 0.3) is 5.91 Å². The van der Waals surface area contributed by atoms with Crippen LogP contribution in [-0.4, -0.2) is 28.1 Å². The van der Waals surface area contributed by atoms with Crippen LogP contribution in [0, 0.1) is 18.2 Å². The van der Waals surface area contributed by atoms with E-state index in [2.05, 4.69) is 10.4 Å². The normalized spacial score (nSPS) is 11.7. The van der Waals surface area contributed by atoms with E-state index in [0.29, 0.717) is 11.4 Å². The molecule has 2 amide bonds. The summed E-state index contributed by atoms with van der Waals surface area (Å²) in [4.78, 5) is 25.3. The second-order valence-electron chi connectivity index (χ2n) is 7.13. The molecule has 0 bridgehead atoms. The molecule has 1 aromatic carbocycles. The number of primary amides is 1. The number of hydrogen-bond acceptors (Lipinski definition) is 4. The lowest BCUT2D eigenvalue weighted by Crippen LogP contribution is -2.42. The highest BCUT2D eigenvalue weighted by Gasteiger charge is 2.26. The van der Waals surface area contributed by atoms with Crippen molar-refractivity contribution >= 4 is 33.4 Å². The van der Waals surface area contributed by atoms with Crippen LogP contribution in [0.25, 0.3) is 10.2 Å². The lowest BCUT2D eigenvalue weighted by Gasteiger charge is -2.20. The standard InChI is InChI=1S/C19H21FN4O2S/c1-11-14-8-15(16(25)22-10-19(2,3)18(21)26)27-17(14)24(23-11)9-12-4-6-13(20)7-5-12/h4-8H,9-10H2,1-3H3,(H2,21,26)(H,22,25). The molecule has 0 unspecified atom stereocenters. The average Bonchev–Trinajstić information content (AvgIpc) is 3.16. The molecule has 3 aromatic rings. The van der Waals surface area contributed by atoms with Gasteiger partial charge in [-0.2, -0.15) is 5.10 Å². The third-order valence-electron chi connectivity index (χ3n) is 4.43. The first-order valence-corrected chi connectivity index (χ1v) is 9.28. The Morgan fingerprint density at radius 3 is 2.59 bits per heavy atom. The number of aromatic nitrogens is 2. The summed E-state index contributed by atoms with van der Waals surface area (Å²) in [5.41, 5.74) is 6.26. The Kier molecular flexibility index (Phi) is 5.01. The van der Waals surface area contributed by atoms with Crippen molar-refractivity contribution in [2.24, 2.45) is 11.1 Å². The summed E-state index contributed by atoms with van der Waals surface area (Å²) in [5.74, 6) is -1.00. The number of carbonyl (C=O) groups is 2. The molecule has 0 atom stereocenters. The van der Waals surface area contributed by atoms with Gasteiger partial charge in [-0.1, -0.05) is 12.1 Å². The number of thiophene rings is 1. The molecule has 0 saturated carbocycles. The van der Waals surface area contributed by atoms with E-state index >= 15 is 0 Å². The molecule has 0 aliphatic carbocycles. The Hall–Kier alpha value is -2.74. The van der Waals surface area contributed by atoms with Crippen LogP contribution in [0.3, 0.4) is 0 Å². The molecule has 142 valence electrons. The number of amides is 2. The van der Waals surface area contributed by atoms with Crippen molar-refractivity contribution in [3.8, 4) is 0 Å². The molecule has 3 rings (SSSR count). The fraction of sp³-hybridized carbons (Fsp3) is 0.316. The summed E-state index contributed by atoms with van der Waals surface area (Å²) in [6.45, 7) is 5.90. The van der Waals surface area contributed by atoms with E-state index in [4.69, 9.17) is 5.73 Å². The van der Waals surface area contributed by atoms with Crippen LogP contribution in [0.4, 0.5) is 4.39 Å². The van der Waals surface area contributed by atoms with Gasteiger partial charge in [0.2, 0.25) is 5.91 Å². The molecule has 2 heterocycles. The SMILES string of the molecule is Cc1nn(Cc2ccc(F)cc2)c2sc(C(=O)NCC(C)(C)C(N)=O)cc12. The molecule has 8 heteroatoms. The lowest BCUT2D eigenvalue weighted by atomic mass is 9.93. The molecular weight excluding hydrogens is 367 g/mol. The largest absolute Gasteiger partial charge is 0.369 e. The van der Waals surface area contributed by atoms with Crippen molar-refractivity contribution in [3.05, 3.63) is 52.3 Å². The molecule has 0 saturated heterocycles. The Balaban J connectivity index is 1.82. The number of aryl methyl sites for hydroxylation is 1. The number of rotatable bonds is 6. The first kappa shape index (κ1) is 19.0. The van der Waals surface area contributed by atoms with Crippen molar-refractivity contribution in [1.29, 1.82) is 0 Å². The Morgan fingerprint density at radius 1 is 1.30 bits per heavy atom. The number of nitrogens with two attached hydrogens (primary N) is 1. The molecule has 3 N–H and O–H groups in total. The van der Waals surface area contributed by atoms with Gasteiger partial charge in [-0.25, -0.2) is 4.39 Å². The van der Waals surface area contributed by atoms with E-state index in [0.717, 1.165) is 21.5 Å². The molecule has 6 nitrogen and oxygen atoms in total. The Morgan fingerprint density at radius 2 is 1.96 bits per heavy atom. The van der Waals surface area contributed by atoms with Crippen molar-refractivity contribution in [2.75, 3.05) is 6.54 Å². The van der Waals surface area contributed by atoms with E-state index < -0.39 is 11.3 Å². The predicted octanol–water partition coefficient (Wildman–Crippen LogP) is 2.83. The summed E-state index contributed by atoms with van der Waals surface area (Å²) in [7, 11) is 0. The number of fused-ring (bicyclic) bond motifs is 1. The molecule has 0 aliphatic rings. The molecule has 0 radical (unpaired) electrons. The smallest absolute Gasteiger partial charge is 0.261 e. The molecular formula is C19H21FN4O2S. The second kappa shape index (κ2) is 7.11. The average molecular weight is 388 g/mol. The van der Waals surface area contributed by atoms with E-state index in [1.165, 1.54) is 23.5 Å². The van der Waals surface area contributed by atoms with Crippen LogP contribution in [0.5, 0.6) is 0 Å². The van der Waals surface area contributed by atoms with E-state index in [1.807, 2.05) is 11.6 Å². The number of benzene rings is 1. The molecule has 0 spiro atoms. The Labute approximate surface area is 160 Å². The van der Waals surface area contributed by atoms with Crippen LogP contribution in [0.15, 0.2) is 30.3 Å². The van der Waals surface area contributed by atoms with Gasteiger partial charge in [0.1, 0.15) is 10.6 Å². The highest BCUT2D eigenvalue weighted by Crippen LogP contribution is 2.29. The quantitative estimate of drug-likeness (QED) is 0.680. The maximum atomic E-state index is 13.1. The van der Waals surface area contributed by atoms with E-state index in [9.17, 15) is 14.0 Å². The maximum Gasteiger partial charge on any atom is 0.261 e. The van der Waals surface area contributed by atoms with Gasteiger partial charge in [-0.3, -0.25) is 14.3 Å². The van der Waals surface area contributed by atoms with Gasteiger partial charge in [-0.15, -0.1) is 11.3 Å². The summed E-state index contributed by atoms with van der Waals surface area (Å²) in [5, 5.41) is 8.19. The lowest BCUT2D eigenvalue weighted by molar-refractivity contribution is -0.125. The summed E-state index contributed by atoms with van der Waals surface area (Å²) in [6, 6.07) is 8.06. The van der Waals surface area contributed by atoms with Gasteiger partial charge in [-0.05, 0) is 44.5 Å². The minimum absolute atomic E-state index is 0.163. The van der Waals surface area contributed by atoms with Gasteiger partial charge in [0, 0.05) is 11.9 Å². The molecule has 0 fully saturated rings. The highest BCUT2D eigenvalue weighted by atomic mass is 32.1. The van der Waals surface area contributed by atoms with Crippen molar-refractivity contribution < 1.29 is 14.0 Å². The fourth-order valence-corrected chi connectivity index (χ4v) is 3.65. The monoisotopic (exact) mass is 388 g/mol. The zero-order chi connectivity index (χ0) is 19.8. The van der Waals surface area contributed by atoms with Crippen molar-refractivity contribution in [3.63, 3.8) is 0 Å². The van der Waals surface area contributed by atoms with Gasteiger partial charge in [0.05, 0.1) is 22.5 Å². The van der Waals surface area contributed by atoms with Gasteiger partial charge < -0.3 is 11.1 Å².